The number of thiazole rings is 1. The maximum atomic E-state index is 10.5. The smallest absolute Gasteiger partial charge is 0.191 e. The number of guanidine groups is 1. The number of hydrogen-bond acceptors (Lipinski definition) is 5. The number of hydrogen-bond donors (Lipinski definition) is 3. The predicted octanol–water partition coefficient (Wildman–Crippen LogP) is 3.46. The van der Waals surface area contributed by atoms with Crippen LogP contribution >= 0.6 is 11.3 Å². The van der Waals surface area contributed by atoms with E-state index in [1.165, 1.54) is 5.01 Å². The molecule has 1 aromatic carbocycles. The molecule has 0 amide bonds. The van der Waals surface area contributed by atoms with Crippen LogP contribution in [0.4, 0.5) is 0 Å². The van der Waals surface area contributed by atoms with Gasteiger partial charge in [0.25, 0.3) is 0 Å². The Labute approximate surface area is 172 Å². The van der Waals surface area contributed by atoms with Gasteiger partial charge in [-0.2, -0.15) is 0 Å². The molecule has 2 aromatic rings. The van der Waals surface area contributed by atoms with E-state index in [-0.39, 0.29) is 12.6 Å². The predicted molar refractivity (Wildman–Crippen MR) is 116 cm³/mol. The maximum Gasteiger partial charge on any atom is 0.191 e. The van der Waals surface area contributed by atoms with Gasteiger partial charge in [0, 0.05) is 30.6 Å². The molecular weight excluding hydrogens is 372 g/mol. The van der Waals surface area contributed by atoms with Gasteiger partial charge in [-0.1, -0.05) is 12.1 Å². The number of rotatable bonds is 10. The van der Waals surface area contributed by atoms with Gasteiger partial charge < -0.3 is 20.5 Å². The van der Waals surface area contributed by atoms with Gasteiger partial charge in [0.1, 0.15) is 5.75 Å². The van der Waals surface area contributed by atoms with Gasteiger partial charge in [0.05, 0.1) is 23.8 Å². The number of nitrogens with one attached hydrogen (secondary N) is 2. The highest BCUT2D eigenvalue weighted by Gasteiger charge is 2.09. The van der Waals surface area contributed by atoms with Gasteiger partial charge in [-0.15, -0.1) is 11.3 Å². The van der Waals surface area contributed by atoms with Gasteiger partial charge in [-0.25, -0.2) is 4.98 Å². The van der Waals surface area contributed by atoms with E-state index in [4.69, 9.17) is 4.74 Å². The third-order valence-electron chi connectivity index (χ3n) is 3.91. The van der Waals surface area contributed by atoms with Gasteiger partial charge in [-0.3, -0.25) is 4.99 Å². The molecule has 0 saturated carbocycles. The Balaban J connectivity index is 1.84. The van der Waals surface area contributed by atoms with Crippen molar-refractivity contribution in [2.24, 2.45) is 4.99 Å². The molecule has 0 spiro atoms. The van der Waals surface area contributed by atoms with Crippen LogP contribution in [0.2, 0.25) is 0 Å². The summed E-state index contributed by atoms with van der Waals surface area (Å²) < 4.78 is 5.70. The average molecular weight is 405 g/mol. The number of aliphatic imine (C=N–C) groups is 1. The molecule has 0 saturated heterocycles. The highest BCUT2D eigenvalue weighted by molar-refractivity contribution is 7.09. The molecule has 0 aliphatic rings. The Hall–Kier alpha value is -2.12. The number of benzene rings is 1. The van der Waals surface area contributed by atoms with Gasteiger partial charge in [-0.05, 0) is 51.8 Å². The lowest BCUT2D eigenvalue weighted by Crippen LogP contribution is -2.38. The second-order valence-corrected chi connectivity index (χ2v) is 7.83. The van der Waals surface area contributed by atoms with Crippen LogP contribution in [0.5, 0.6) is 5.75 Å². The molecule has 3 N–H and O–H groups in total. The first kappa shape index (κ1) is 22.2. The summed E-state index contributed by atoms with van der Waals surface area (Å²) >= 11 is 1.71. The molecule has 154 valence electrons. The summed E-state index contributed by atoms with van der Waals surface area (Å²) in [5.74, 6) is 1.48. The van der Waals surface area contributed by atoms with Crippen LogP contribution < -0.4 is 15.4 Å². The SMILES string of the molecule is CCNC(=NCC(O)c1cccc(OC(C)C)c1)NCCCc1nc(C)cs1. The monoisotopic (exact) mass is 404 g/mol. The topological polar surface area (TPSA) is 78.8 Å². The van der Waals surface area contributed by atoms with Crippen LogP contribution in [0.1, 0.15) is 49.6 Å². The van der Waals surface area contributed by atoms with Crippen molar-refractivity contribution in [2.45, 2.75) is 52.7 Å². The summed E-state index contributed by atoms with van der Waals surface area (Å²) in [4.78, 5) is 9.00. The molecule has 0 aliphatic carbocycles. The molecular formula is C21H32N4O2S. The Kier molecular flexibility index (Phi) is 9.23. The van der Waals surface area contributed by atoms with Crippen molar-refractivity contribution in [2.75, 3.05) is 19.6 Å². The first-order chi connectivity index (χ1) is 13.5. The first-order valence-corrected chi connectivity index (χ1v) is 10.7. The van der Waals surface area contributed by atoms with Crippen molar-refractivity contribution in [1.82, 2.24) is 15.6 Å². The lowest BCUT2D eigenvalue weighted by molar-refractivity contribution is 0.185. The Morgan fingerprint density at radius 3 is 2.82 bits per heavy atom. The van der Waals surface area contributed by atoms with Gasteiger partial charge in [0.15, 0.2) is 5.96 Å². The number of aliphatic hydroxyl groups is 1. The molecule has 28 heavy (non-hydrogen) atoms. The number of aliphatic hydroxyl groups excluding tert-OH is 1. The summed E-state index contributed by atoms with van der Waals surface area (Å²) in [7, 11) is 0. The van der Waals surface area contributed by atoms with E-state index in [9.17, 15) is 5.11 Å². The van der Waals surface area contributed by atoms with Crippen molar-refractivity contribution in [3.05, 3.63) is 45.9 Å². The van der Waals surface area contributed by atoms with Gasteiger partial charge in [0.2, 0.25) is 0 Å². The minimum absolute atomic E-state index is 0.100. The molecule has 1 unspecified atom stereocenters. The quantitative estimate of drug-likeness (QED) is 0.321. The second kappa shape index (κ2) is 11.7. The van der Waals surface area contributed by atoms with E-state index in [1.54, 1.807) is 11.3 Å². The normalized spacial score (nSPS) is 12.9. The first-order valence-electron chi connectivity index (χ1n) is 9.85. The van der Waals surface area contributed by atoms with E-state index in [0.717, 1.165) is 42.9 Å². The molecule has 0 aliphatic heterocycles. The van der Waals surface area contributed by atoms with Crippen LogP contribution in [0.3, 0.4) is 0 Å². The molecule has 1 heterocycles. The number of aromatic nitrogens is 1. The molecule has 0 bridgehead atoms. The third-order valence-corrected chi connectivity index (χ3v) is 4.93. The minimum atomic E-state index is -0.676. The van der Waals surface area contributed by atoms with E-state index < -0.39 is 6.10 Å². The molecule has 2 rings (SSSR count). The van der Waals surface area contributed by atoms with Crippen LogP contribution in [-0.2, 0) is 6.42 Å². The lowest BCUT2D eigenvalue weighted by Gasteiger charge is -2.15. The van der Waals surface area contributed by atoms with Crippen LogP contribution in [0.25, 0.3) is 0 Å². The molecule has 7 heteroatoms. The van der Waals surface area contributed by atoms with Crippen molar-refractivity contribution < 1.29 is 9.84 Å². The second-order valence-electron chi connectivity index (χ2n) is 6.89. The fourth-order valence-corrected chi connectivity index (χ4v) is 3.47. The van der Waals surface area contributed by atoms with E-state index in [1.807, 2.05) is 52.0 Å². The summed E-state index contributed by atoms with van der Waals surface area (Å²) in [5, 5.41) is 20.3. The fraction of sp³-hybridized carbons (Fsp3) is 0.524. The largest absolute Gasteiger partial charge is 0.491 e. The van der Waals surface area contributed by atoms with E-state index in [0.29, 0.717) is 5.96 Å². The minimum Gasteiger partial charge on any atom is -0.491 e. The highest BCUT2D eigenvalue weighted by atomic mass is 32.1. The van der Waals surface area contributed by atoms with Crippen molar-refractivity contribution in [3.8, 4) is 5.75 Å². The number of nitrogens with zero attached hydrogens (tertiary/aromatic N) is 2. The average Bonchev–Trinajstić information content (AvgIpc) is 3.07. The zero-order chi connectivity index (χ0) is 20.4. The summed E-state index contributed by atoms with van der Waals surface area (Å²) in [6.07, 6.45) is 1.36. The molecule has 6 nitrogen and oxygen atoms in total. The standard InChI is InChI=1S/C21H32N4O2S/c1-5-22-21(23-11-7-10-20-25-16(4)14-28-20)24-13-19(26)17-8-6-9-18(12-17)27-15(2)3/h6,8-9,12,14-15,19,26H,5,7,10-11,13H2,1-4H3,(H2,22,23,24). The fourth-order valence-electron chi connectivity index (χ4n) is 2.66. The molecule has 1 atom stereocenters. The van der Waals surface area contributed by atoms with Crippen LogP contribution in [-0.4, -0.2) is 41.8 Å². The van der Waals surface area contributed by atoms with Crippen molar-refractivity contribution in [1.29, 1.82) is 0 Å². The zero-order valence-corrected chi connectivity index (χ0v) is 18.1. The van der Waals surface area contributed by atoms with Crippen LogP contribution in [0.15, 0.2) is 34.6 Å². The Morgan fingerprint density at radius 1 is 1.32 bits per heavy atom. The number of aryl methyl sites for hydroxylation is 2. The summed E-state index contributed by atoms with van der Waals surface area (Å²) in [6, 6.07) is 7.55. The molecule has 0 radical (unpaired) electrons. The van der Waals surface area contributed by atoms with Gasteiger partial charge >= 0.3 is 0 Å². The van der Waals surface area contributed by atoms with E-state index >= 15 is 0 Å². The lowest BCUT2D eigenvalue weighted by atomic mass is 10.1. The highest BCUT2D eigenvalue weighted by Crippen LogP contribution is 2.20. The molecule has 0 fully saturated rings. The summed E-state index contributed by atoms with van der Waals surface area (Å²) in [5.41, 5.74) is 1.89. The maximum absolute atomic E-state index is 10.5. The van der Waals surface area contributed by atoms with Crippen molar-refractivity contribution >= 4 is 17.3 Å². The zero-order valence-electron chi connectivity index (χ0n) is 17.2. The Bertz CT molecular complexity index is 746. The van der Waals surface area contributed by atoms with E-state index in [2.05, 4.69) is 26.0 Å². The van der Waals surface area contributed by atoms with Crippen LogP contribution in [0, 0.1) is 6.92 Å². The Morgan fingerprint density at radius 2 is 2.14 bits per heavy atom. The number of ether oxygens (including phenoxy) is 1. The third kappa shape index (κ3) is 7.86. The van der Waals surface area contributed by atoms with Crippen molar-refractivity contribution in [3.63, 3.8) is 0 Å². The molecule has 1 aromatic heterocycles. The summed E-state index contributed by atoms with van der Waals surface area (Å²) in [6.45, 7) is 9.87.